The van der Waals surface area contributed by atoms with Gasteiger partial charge in [-0.1, -0.05) is 0 Å². The van der Waals surface area contributed by atoms with Crippen LogP contribution >= 0.6 is 11.6 Å². The molecule has 0 saturated carbocycles. The Labute approximate surface area is 91.3 Å². The molecule has 84 valence electrons. The van der Waals surface area contributed by atoms with Gasteiger partial charge in [-0.25, -0.2) is 0 Å². The fraction of sp³-hybridized carbons (Fsp3) is 1.00. The van der Waals surface area contributed by atoms with Crippen molar-refractivity contribution in [2.24, 2.45) is 0 Å². The summed E-state index contributed by atoms with van der Waals surface area (Å²) >= 11 is 5.78. The molecular weight excluding hydrogens is 202 g/mol. The molecule has 0 aromatic rings. The van der Waals surface area contributed by atoms with E-state index in [-0.39, 0.29) is 12.2 Å². The lowest BCUT2D eigenvalue weighted by molar-refractivity contribution is -0.0623. The Kier molecular flexibility index (Phi) is 5.17. The van der Waals surface area contributed by atoms with Crippen molar-refractivity contribution in [3.05, 3.63) is 0 Å². The van der Waals surface area contributed by atoms with E-state index in [0.29, 0.717) is 11.9 Å². The molecule has 3 atom stereocenters. The smallest absolute Gasteiger partial charge is 0.0837 e. The van der Waals surface area contributed by atoms with Gasteiger partial charge in [0, 0.05) is 32.1 Å². The predicted molar refractivity (Wildman–Crippen MR) is 58.0 cm³/mol. The van der Waals surface area contributed by atoms with Gasteiger partial charge >= 0.3 is 0 Å². The van der Waals surface area contributed by atoms with Crippen LogP contribution < -0.4 is 0 Å². The van der Waals surface area contributed by atoms with Crippen LogP contribution in [0.1, 0.15) is 13.8 Å². The Morgan fingerprint density at radius 3 is 2.93 bits per heavy atom. The van der Waals surface area contributed by atoms with Crippen molar-refractivity contribution >= 4 is 11.6 Å². The molecule has 14 heavy (non-hydrogen) atoms. The maximum atomic E-state index is 5.78. The van der Waals surface area contributed by atoms with E-state index < -0.39 is 0 Å². The Balaban J connectivity index is 2.40. The lowest BCUT2D eigenvalue weighted by Gasteiger charge is -2.38. The molecule has 1 aliphatic heterocycles. The van der Waals surface area contributed by atoms with E-state index >= 15 is 0 Å². The largest absolute Gasteiger partial charge is 0.380 e. The minimum Gasteiger partial charge on any atom is -0.380 e. The maximum Gasteiger partial charge on any atom is 0.0837 e. The fourth-order valence-electron chi connectivity index (χ4n) is 1.63. The van der Waals surface area contributed by atoms with E-state index in [9.17, 15) is 0 Å². The zero-order chi connectivity index (χ0) is 10.6. The standard InChI is InChI=1S/C10H20ClNO2/c1-8-7-14-10(4-11)6-12(8)5-9(2)13-3/h8-10H,4-7H2,1-3H3. The third-order valence-electron chi connectivity index (χ3n) is 2.70. The van der Waals surface area contributed by atoms with E-state index in [1.807, 2.05) is 0 Å². The normalized spacial score (nSPS) is 31.7. The average Bonchev–Trinajstić information content (AvgIpc) is 2.21. The van der Waals surface area contributed by atoms with Crippen LogP contribution in [0.2, 0.25) is 0 Å². The second kappa shape index (κ2) is 5.91. The number of halogens is 1. The number of hydrogen-bond donors (Lipinski definition) is 0. The van der Waals surface area contributed by atoms with Gasteiger partial charge in [-0.15, -0.1) is 11.6 Å². The van der Waals surface area contributed by atoms with Gasteiger partial charge in [-0.05, 0) is 13.8 Å². The van der Waals surface area contributed by atoms with Gasteiger partial charge < -0.3 is 9.47 Å². The summed E-state index contributed by atoms with van der Waals surface area (Å²) in [7, 11) is 1.74. The summed E-state index contributed by atoms with van der Waals surface area (Å²) in [5, 5.41) is 0. The van der Waals surface area contributed by atoms with Crippen molar-refractivity contribution in [1.82, 2.24) is 4.90 Å². The van der Waals surface area contributed by atoms with Gasteiger partial charge in [0.1, 0.15) is 0 Å². The van der Waals surface area contributed by atoms with Gasteiger partial charge in [0.15, 0.2) is 0 Å². The molecule has 0 amide bonds. The number of nitrogens with zero attached hydrogens (tertiary/aromatic N) is 1. The summed E-state index contributed by atoms with van der Waals surface area (Å²) in [6.07, 6.45) is 0.448. The van der Waals surface area contributed by atoms with Gasteiger partial charge in [0.05, 0.1) is 18.8 Å². The molecule has 0 spiro atoms. The number of methoxy groups -OCH3 is 1. The first-order valence-corrected chi connectivity index (χ1v) is 5.65. The summed E-state index contributed by atoms with van der Waals surface area (Å²) < 4.78 is 10.8. The number of alkyl halides is 1. The van der Waals surface area contributed by atoms with Crippen molar-refractivity contribution in [2.75, 3.05) is 32.7 Å². The zero-order valence-electron chi connectivity index (χ0n) is 9.20. The van der Waals surface area contributed by atoms with Crippen molar-refractivity contribution in [3.8, 4) is 0 Å². The van der Waals surface area contributed by atoms with Crippen LogP contribution in [0.4, 0.5) is 0 Å². The van der Waals surface area contributed by atoms with E-state index in [4.69, 9.17) is 21.1 Å². The third-order valence-corrected chi connectivity index (χ3v) is 3.04. The molecule has 0 bridgehead atoms. The molecule has 0 aromatic carbocycles. The number of ether oxygens (including phenoxy) is 2. The lowest BCUT2D eigenvalue weighted by Crippen LogP contribution is -2.51. The summed E-state index contributed by atoms with van der Waals surface area (Å²) in [5.74, 6) is 0.574. The first kappa shape index (κ1) is 12.2. The van der Waals surface area contributed by atoms with Gasteiger partial charge in [0.25, 0.3) is 0 Å². The summed E-state index contributed by atoms with van der Waals surface area (Å²) in [5.41, 5.74) is 0. The van der Waals surface area contributed by atoms with Gasteiger partial charge in [-0.3, -0.25) is 4.90 Å². The molecule has 4 heteroatoms. The van der Waals surface area contributed by atoms with Crippen LogP contribution in [0.25, 0.3) is 0 Å². The first-order valence-electron chi connectivity index (χ1n) is 5.11. The fourth-order valence-corrected chi connectivity index (χ4v) is 1.81. The summed E-state index contributed by atoms with van der Waals surface area (Å²) in [4.78, 5) is 2.38. The van der Waals surface area contributed by atoms with Crippen LogP contribution in [0.3, 0.4) is 0 Å². The highest BCUT2D eigenvalue weighted by atomic mass is 35.5. The van der Waals surface area contributed by atoms with Crippen LogP contribution in [0, 0.1) is 0 Å². The molecule has 0 N–H and O–H groups in total. The highest BCUT2D eigenvalue weighted by Crippen LogP contribution is 2.13. The predicted octanol–water partition coefficient (Wildman–Crippen LogP) is 1.35. The summed E-state index contributed by atoms with van der Waals surface area (Å²) in [6.45, 7) is 6.89. The van der Waals surface area contributed by atoms with Crippen molar-refractivity contribution in [3.63, 3.8) is 0 Å². The van der Waals surface area contributed by atoms with Gasteiger partial charge in [0.2, 0.25) is 0 Å². The molecule has 1 rings (SSSR count). The zero-order valence-corrected chi connectivity index (χ0v) is 9.96. The molecule has 3 nitrogen and oxygen atoms in total. The molecule has 1 heterocycles. The van der Waals surface area contributed by atoms with E-state index in [2.05, 4.69) is 18.7 Å². The van der Waals surface area contributed by atoms with E-state index in [1.165, 1.54) is 0 Å². The van der Waals surface area contributed by atoms with Crippen LogP contribution in [-0.4, -0.2) is 55.8 Å². The third kappa shape index (κ3) is 3.39. The minimum absolute atomic E-state index is 0.178. The second-order valence-corrected chi connectivity index (χ2v) is 4.27. The first-order chi connectivity index (χ1) is 6.67. The van der Waals surface area contributed by atoms with Crippen LogP contribution in [0.15, 0.2) is 0 Å². The molecule has 1 fully saturated rings. The number of hydrogen-bond acceptors (Lipinski definition) is 3. The highest BCUT2D eigenvalue weighted by molar-refractivity contribution is 6.18. The molecule has 0 aliphatic carbocycles. The monoisotopic (exact) mass is 221 g/mol. The Hall–Kier alpha value is 0.170. The highest BCUT2D eigenvalue weighted by Gasteiger charge is 2.26. The molecule has 0 aromatic heterocycles. The Morgan fingerprint density at radius 2 is 2.36 bits per heavy atom. The lowest BCUT2D eigenvalue weighted by atomic mass is 10.2. The van der Waals surface area contributed by atoms with Gasteiger partial charge in [-0.2, -0.15) is 0 Å². The number of rotatable bonds is 4. The van der Waals surface area contributed by atoms with Crippen molar-refractivity contribution in [1.29, 1.82) is 0 Å². The molecule has 3 unspecified atom stereocenters. The topological polar surface area (TPSA) is 21.7 Å². The van der Waals surface area contributed by atoms with E-state index in [1.54, 1.807) is 7.11 Å². The number of morpholine rings is 1. The van der Waals surface area contributed by atoms with Crippen LogP contribution in [0.5, 0.6) is 0 Å². The SMILES string of the molecule is COC(C)CN1CC(CCl)OCC1C. The van der Waals surface area contributed by atoms with Crippen molar-refractivity contribution in [2.45, 2.75) is 32.1 Å². The quantitative estimate of drug-likeness (QED) is 0.669. The molecule has 1 saturated heterocycles. The summed E-state index contributed by atoms with van der Waals surface area (Å²) in [6, 6.07) is 0.465. The molecule has 0 radical (unpaired) electrons. The van der Waals surface area contributed by atoms with Crippen molar-refractivity contribution < 1.29 is 9.47 Å². The average molecular weight is 222 g/mol. The maximum absolute atomic E-state index is 5.78. The van der Waals surface area contributed by atoms with E-state index in [0.717, 1.165) is 19.7 Å². The minimum atomic E-state index is 0.178. The Morgan fingerprint density at radius 1 is 1.64 bits per heavy atom. The molecule has 1 aliphatic rings. The van der Waals surface area contributed by atoms with Crippen LogP contribution in [-0.2, 0) is 9.47 Å². The molecular formula is C10H20ClNO2. The second-order valence-electron chi connectivity index (χ2n) is 3.96. The Bertz CT molecular complexity index is 166.